The summed E-state index contributed by atoms with van der Waals surface area (Å²) in [5.41, 5.74) is 2.90. The van der Waals surface area contributed by atoms with E-state index in [1.807, 2.05) is 54.4 Å². The molecule has 0 saturated carbocycles. The number of nitrogens with zero attached hydrogens (tertiary/aromatic N) is 7. The predicted octanol–water partition coefficient (Wildman–Crippen LogP) is 4.50. The zero-order valence-electron chi connectivity index (χ0n) is 22.5. The first-order valence-electron chi connectivity index (χ1n) is 13.0. The highest BCUT2D eigenvalue weighted by Gasteiger charge is 2.29. The van der Waals surface area contributed by atoms with Crippen LogP contribution in [0.2, 0.25) is 0 Å². The summed E-state index contributed by atoms with van der Waals surface area (Å²) in [6, 6.07) is 10.3. The van der Waals surface area contributed by atoms with Crippen molar-refractivity contribution in [2.75, 3.05) is 23.3 Å². The van der Waals surface area contributed by atoms with Crippen molar-refractivity contribution in [2.24, 2.45) is 0 Å². The third-order valence-corrected chi connectivity index (χ3v) is 6.24. The Hall–Kier alpha value is -4.15. The molecular weight excluding hydrogens is 482 g/mol. The highest BCUT2D eigenvalue weighted by Crippen LogP contribution is 2.28. The number of alkyl carbamates (subject to hydrolysis) is 1. The second-order valence-electron chi connectivity index (χ2n) is 10.9. The minimum atomic E-state index is -0.540. The zero-order valence-corrected chi connectivity index (χ0v) is 22.5. The molecule has 11 heteroatoms. The van der Waals surface area contributed by atoms with E-state index in [4.69, 9.17) is 14.7 Å². The number of nitrogens with one attached hydrogen (secondary N) is 2. The maximum atomic E-state index is 12.3. The van der Waals surface area contributed by atoms with Crippen molar-refractivity contribution in [3.05, 3.63) is 54.6 Å². The van der Waals surface area contributed by atoms with Gasteiger partial charge in [0, 0.05) is 25.3 Å². The summed E-state index contributed by atoms with van der Waals surface area (Å²) in [5, 5.41) is 10.9. The van der Waals surface area contributed by atoms with Crippen LogP contribution in [0.15, 0.2) is 49.1 Å². The van der Waals surface area contributed by atoms with E-state index in [-0.39, 0.29) is 12.1 Å². The van der Waals surface area contributed by atoms with Gasteiger partial charge in [-0.25, -0.2) is 9.78 Å². The van der Waals surface area contributed by atoms with E-state index < -0.39 is 11.7 Å². The van der Waals surface area contributed by atoms with E-state index in [1.54, 1.807) is 12.5 Å². The van der Waals surface area contributed by atoms with Crippen LogP contribution in [-0.2, 0) is 11.3 Å². The minimum absolute atomic E-state index is 0.0493. The number of carbonyl (C=O) groups excluding carboxylic acids is 1. The molecule has 3 aromatic heterocycles. The van der Waals surface area contributed by atoms with Gasteiger partial charge in [-0.05, 0) is 46.6 Å². The average Bonchev–Trinajstić information content (AvgIpc) is 3.58. The number of amides is 1. The van der Waals surface area contributed by atoms with Crippen LogP contribution in [0.4, 0.5) is 22.2 Å². The van der Waals surface area contributed by atoms with Crippen LogP contribution in [-0.4, -0.2) is 60.1 Å². The number of anilines is 3. The Morgan fingerprint density at radius 1 is 1.18 bits per heavy atom. The van der Waals surface area contributed by atoms with Gasteiger partial charge in [-0.1, -0.05) is 30.3 Å². The molecule has 0 unspecified atom stereocenters. The van der Waals surface area contributed by atoms with E-state index in [9.17, 15) is 4.79 Å². The average molecular weight is 518 g/mol. The second-order valence-corrected chi connectivity index (χ2v) is 10.9. The molecule has 0 radical (unpaired) electrons. The summed E-state index contributed by atoms with van der Waals surface area (Å²) in [7, 11) is 0. The number of imidazole rings is 1. The molecule has 0 bridgehead atoms. The van der Waals surface area contributed by atoms with E-state index in [2.05, 4.69) is 51.6 Å². The van der Waals surface area contributed by atoms with Gasteiger partial charge in [0.25, 0.3) is 0 Å². The van der Waals surface area contributed by atoms with Gasteiger partial charge in [0.15, 0.2) is 17.0 Å². The number of ether oxygens (including phenoxy) is 1. The van der Waals surface area contributed by atoms with Gasteiger partial charge in [-0.2, -0.15) is 15.1 Å². The molecule has 2 N–H and O–H groups in total. The lowest BCUT2D eigenvalue weighted by Crippen LogP contribution is -2.40. The molecule has 0 aliphatic carbocycles. The highest BCUT2D eigenvalue weighted by atomic mass is 16.6. The Labute approximate surface area is 222 Å². The Bertz CT molecular complexity index is 1410. The number of hydrogen-bond acceptors (Lipinski definition) is 8. The summed E-state index contributed by atoms with van der Waals surface area (Å²) in [4.78, 5) is 28.7. The number of fused-ring (bicyclic) bond motifs is 1. The standard InChI is InChI=1S/C27H35N9O2/c1-18(2)36-17-28-22-23(30-21-13-29-35(16-21)14-19-9-7-6-8-10-19)32-25(33-24(22)36)34-12-11-20(15-34)31-26(37)38-27(3,4)5/h6-10,13,16-18,20H,11-12,14-15H2,1-5H3,(H,31,37)(H,30,32,33)/t20-/m0/s1. The van der Waals surface area contributed by atoms with Crippen molar-refractivity contribution in [3.8, 4) is 0 Å². The molecule has 1 fully saturated rings. The first-order valence-corrected chi connectivity index (χ1v) is 13.0. The van der Waals surface area contributed by atoms with Crippen LogP contribution in [0.1, 0.15) is 52.6 Å². The normalized spacial score (nSPS) is 15.8. The van der Waals surface area contributed by atoms with E-state index in [0.29, 0.717) is 30.4 Å². The van der Waals surface area contributed by atoms with Gasteiger partial charge in [0.05, 0.1) is 30.8 Å². The molecule has 1 amide bonds. The third-order valence-electron chi connectivity index (χ3n) is 6.24. The van der Waals surface area contributed by atoms with Crippen molar-refractivity contribution in [3.63, 3.8) is 0 Å². The van der Waals surface area contributed by atoms with Crippen LogP contribution < -0.4 is 15.5 Å². The van der Waals surface area contributed by atoms with Crippen molar-refractivity contribution in [2.45, 2.75) is 65.3 Å². The Balaban J connectivity index is 1.37. The van der Waals surface area contributed by atoms with E-state index >= 15 is 0 Å². The second kappa shape index (κ2) is 10.3. The minimum Gasteiger partial charge on any atom is -0.444 e. The predicted molar refractivity (Wildman–Crippen MR) is 147 cm³/mol. The van der Waals surface area contributed by atoms with Gasteiger partial charge in [-0.3, -0.25) is 4.68 Å². The molecule has 200 valence electrons. The fraction of sp³-hybridized carbons (Fsp3) is 0.444. The molecule has 1 saturated heterocycles. The van der Waals surface area contributed by atoms with Gasteiger partial charge in [0.1, 0.15) is 5.60 Å². The summed E-state index contributed by atoms with van der Waals surface area (Å²) in [6.45, 7) is 11.7. The first-order chi connectivity index (χ1) is 18.1. The Kier molecular flexibility index (Phi) is 6.92. The monoisotopic (exact) mass is 517 g/mol. The molecule has 1 aromatic carbocycles. The van der Waals surface area contributed by atoms with Gasteiger partial charge in [0.2, 0.25) is 5.95 Å². The molecule has 4 aromatic rings. The molecule has 1 atom stereocenters. The highest BCUT2D eigenvalue weighted by molar-refractivity contribution is 5.86. The molecule has 1 aliphatic heterocycles. The van der Waals surface area contributed by atoms with E-state index in [1.165, 1.54) is 5.56 Å². The molecule has 4 heterocycles. The lowest BCUT2D eigenvalue weighted by atomic mass is 10.2. The largest absolute Gasteiger partial charge is 0.444 e. The summed E-state index contributed by atoms with van der Waals surface area (Å²) < 4.78 is 9.35. The summed E-state index contributed by atoms with van der Waals surface area (Å²) in [6.07, 6.45) is 5.91. The maximum absolute atomic E-state index is 12.3. The van der Waals surface area contributed by atoms with E-state index in [0.717, 1.165) is 24.3 Å². The molecule has 1 aliphatic rings. The van der Waals surface area contributed by atoms with Crippen molar-refractivity contribution < 1.29 is 9.53 Å². The molecule has 0 spiro atoms. The topological polar surface area (TPSA) is 115 Å². The molecule has 38 heavy (non-hydrogen) atoms. The fourth-order valence-electron chi connectivity index (χ4n) is 4.47. The third kappa shape index (κ3) is 5.87. The SMILES string of the molecule is CC(C)n1cnc2c(Nc3cnn(Cc4ccccc4)c3)nc(N3CC[C@H](NC(=O)OC(C)(C)C)C3)nc21. The molecular formula is C27H35N9O2. The number of rotatable bonds is 7. The van der Waals surface area contributed by atoms with Crippen LogP contribution in [0, 0.1) is 0 Å². The zero-order chi connectivity index (χ0) is 26.9. The van der Waals surface area contributed by atoms with Gasteiger partial charge < -0.3 is 24.8 Å². The fourth-order valence-corrected chi connectivity index (χ4v) is 4.47. The maximum Gasteiger partial charge on any atom is 0.407 e. The van der Waals surface area contributed by atoms with Crippen LogP contribution in [0.5, 0.6) is 0 Å². The Morgan fingerprint density at radius 3 is 2.71 bits per heavy atom. The molecule has 5 rings (SSSR count). The summed E-state index contributed by atoms with van der Waals surface area (Å²) >= 11 is 0. The van der Waals surface area contributed by atoms with Crippen LogP contribution in [0.25, 0.3) is 11.2 Å². The van der Waals surface area contributed by atoms with Crippen LogP contribution >= 0.6 is 0 Å². The van der Waals surface area contributed by atoms with Crippen molar-refractivity contribution in [1.82, 2.24) is 34.6 Å². The summed E-state index contributed by atoms with van der Waals surface area (Å²) in [5.74, 6) is 1.21. The number of hydrogen-bond donors (Lipinski definition) is 2. The molecule has 11 nitrogen and oxygen atoms in total. The lowest BCUT2D eigenvalue weighted by molar-refractivity contribution is 0.0509. The van der Waals surface area contributed by atoms with Gasteiger partial charge in [-0.15, -0.1) is 0 Å². The van der Waals surface area contributed by atoms with Crippen molar-refractivity contribution in [1.29, 1.82) is 0 Å². The smallest absolute Gasteiger partial charge is 0.407 e. The first kappa shape index (κ1) is 25.5. The Morgan fingerprint density at radius 2 is 1.97 bits per heavy atom. The lowest BCUT2D eigenvalue weighted by Gasteiger charge is -2.22. The quantitative estimate of drug-likeness (QED) is 0.368. The van der Waals surface area contributed by atoms with Crippen LogP contribution in [0.3, 0.4) is 0 Å². The van der Waals surface area contributed by atoms with Crippen molar-refractivity contribution >= 4 is 34.7 Å². The number of aromatic nitrogens is 6. The number of carbonyl (C=O) groups is 1. The van der Waals surface area contributed by atoms with Gasteiger partial charge >= 0.3 is 6.09 Å². The number of benzene rings is 1.